The molecule has 1 N–H and O–H groups in total. The SMILES string of the molecule is O=C(O)C1(c2ccc(Br)cc2)CC2(CCCC2)C1. The Morgan fingerprint density at radius 2 is 1.67 bits per heavy atom. The molecule has 3 rings (SSSR count). The van der Waals surface area contributed by atoms with Crippen LogP contribution >= 0.6 is 15.9 Å². The molecule has 1 aromatic carbocycles. The third-order valence-electron chi connectivity index (χ3n) is 4.82. The maximum absolute atomic E-state index is 11.7. The van der Waals surface area contributed by atoms with Crippen molar-refractivity contribution in [1.29, 1.82) is 0 Å². The summed E-state index contributed by atoms with van der Waals surface area (Å²) in [6, 6.07) is 7.80. The summed E-state index contributed by atoms with van der Waals surface area (Å²) in [5, 5.41) is 9.64. The molecule has 1 aromatic rings. The predicted molar refractivity (Wildman–Crippen MR) is 73.6 cm³/mol. The number of carboxylic acids is 1. The molecule has 2 fully saturated rings. The quantitative estimate of drug-likeness (QED) is 0.892. The van der Waals surface area contributed by atoms with Crippen molar-refractivity contribution < 1.29 is 9.90 Å². The first-order chi connectivity index (χ1) is 8.56. The Kier molecular flexibility index (Phi) is 2.77. The molecule has 0 aromatic heterocycles. The van der Waals surface area contributed by atoms with Gasteiger partial charge in [-0.25, -0.2) is 0 Å². The summed E-state index contributed by atoms with van der Waals surface area (Å²) in [5.74, 6) is -0.651. The van der Waals surface area contributed by atoms with E-state index in [2.05, 4.69) is 15.9 Å². The minimum absolute atomic E-state index is 0.339. The molecule has 0 amide bonds. The van der Waals surface area contributed by atoms with Gasteiger partial charge in [-0.3, -0.25) is 4.79 Å². The summed E-state index contributed by atoms with van der Waals surface area (Å²) in [6.45, 7) is 0. The van der Waals surface area contributed by atoms with E-state index in [9.17, 15) is 9.90 Å². The van der Waals surface area contributed by atoms with Crippen LogP contribution in [0.1, 0.15) is 44.1 Å². The highest BCUT2D eigenvalue weighted by atomic mass is 79.9. The zero-order valence-corrected chi connectivity index (χ0v) is 11.9. The lowest BCUT2D eigenvalue weighted by molar-refractivity contribution is -0.154. The Bertz CT molecular complexity index is 464. The van der Waals surface area contributed by atoms with Gasteiger partial charge in [0.15, 0.2) is 0 Å². The van der Waals surface area contributed by atoms with E-state index in [1.165, 1.54) is 25.7 Å². The van der Waals surface area contributed by atoms with E-state index in [-0.39, 0.29) is 0 Å². The van der Waals surface area contributed by atoms with Crippen molar-refractivity contribution in [3.05, 3.63) is 34.3 Å². The van der Waals surface area contributed by atoms with Crippen molar-refractivity contribution in [2.45, 2.75) is 43.9 Å². The van der Waals surface area contributed by atoms with Crippen molar-refractivity contribution in [2.75, 3.05) is 0 Å². The molecule has 0 heterocycles. The fourth-order valence-corrected chi connectivity index (χ4v) is 4.22. The summed E-state index contributed by atoms with van der Waals surface area (Å²) in [6.07, 6.45) is 6.65. The van der Waals surface area contributed by atoms with Gasteiger partial charge in [-0.2, -0.15) is 0 Å². The molecule has 0 bridgehead atoms. The lowest BCUT2D eigenvalue weighted by Crippen LogP contribution is -2.53. The van der Waals surface area contributed by atoms with E-state index in [1.54, 1.807) is 0 Å². The van der Waals surface area contributed by atoms with Gasteiger partial charge in [-0.1, -0.05) is 40.9 Å². The van der Waals surface area contributed by atoms with E-state index in [0.717, 1.165) is 22.9 Å². The molecule has 2 aliphatic carbocycles. The van der Waals surface area contributed by atoms with Gasteiger partial charge in [-0.15, -0.1) is 0 Å². The summed E-state index contributed by atoms with van der Waals surface area (Å²) in [4.78, 5) is 11.7. The van der Waals surface area contributed by atoms with Crippen LogP contribution in [0.4, 0.5) is 0 Å². The largest absolute Gasteiger partial charge is 0.481 e. The molecule has 0 saturated heterocycles. The third kappa shape index (κ3) is 1.71. The zero-order valence-electron chi connectivity index (χ0n) is 10.3. The van der Waals surface area contributed by atoms with Gasteiger partial charge >= 0.3 is 5.97 Å². The number of halogens is 1. The number of benzene rings is 1. The second kappa shape index (κ2) is 4.09. The topological polar surface area (TPSA) is 37.3 Å². The molecular formula is C15H17BrO2. The molecule has 1 spiro atoms. The normalized spacial score (nSPS) is 23.8. The smallest absolute Gasteiger partial charge is 0.314 e. The lowest BCUT2D eigenvalue weighted by Gasteiger charge is -2.52. The van der Waals surface area contributed by atoms with E-state index in [4.69, 9.17) is 0 Å². The van der Waals surface area contributed by atoms with Gasteiger partial charge in [0.2, 0.25) is 0 Å². The molecule has 96 valence electrons. The Labute approximate surface area is 116 Å². The molecule has 2 saturated carbocycles. The second-order valence-corrected chi connectivity index (χ2v) is 6.87. The van der Waals surface area contributed by atoms with Gasteiger partial charge in [0.1, 0.15) is 0 Å². The Morgan fingerprint density at radius 1 is 1.11 bits per heavy atom. The van der Waals surface area contributed by atoms with E-state index >= 15 is 0 Å². The van der Waals surface area contributed by atoms with Crippen molar-refractivity contribution in [3.63, 3.8) is 0 Å². The molecule has 0 atom stereocenters. The van der Waals surface area contributed by atoms with Crippen molar-refractivity contribution in [3.8, 4) is 0 Å². The summed E-state index contributed by atoms with van der Waals surface area (Å²) in [7, 11) is 0. The van der Waals surface area contributed by atoms with Gasteiger partial charge < -0.3 is 5.11 Å². The van der Waals surface area contributed by atoms with Crippen molar-refractivity contribution in [2.24, 2.45) is 5.41 Å². The number of carbonyl (C=O) groups is 1. The first kappa shape index (κ1) is 12.2. The van der Waals surface area contributed by atoms with Crippen LogP contribution in [0.25, 0.3) is 0 Å². The average Bonchev–Trinajstić information content (AvgIpc) is 2.76. The lowest BCUT2D eigenvalue weighted by atomic mass is 9.49. The molecule has 0 radical (unpaired) electrons. The minimum Gasteiger partial charge on any atom is -0.481 e. The van der Waals surface area contributed by atoms with Crippen LogP contribution < -0.4 is 0 Å². The van der Waals surface area contributed by atoms with Crippen molar-refractivity contribution in [1.82, 2.24) is 0 Å². The minimum atomic E-state index is -0.651. The second-order valence-electron chi connectivity index (χ2n) is 5.95. The van der Waals surface area contributed by atoms with Crippen LogP contribution in [-0.4, -0.2) is 11.1 Å². The first-order valence-electron chi connectivity index (χ1n) is 6.56. The fourth-order valence-electron chi connectivity index (χ4n) is 3.95. The third-order valence-corrected chi connectivity index (χ3v) is 5.35. The zero-order chi connectivity index (χ0) is 12.8. The number of aliphatic carboxylic acids is 1. The molecule has 2 nitrogen and oxygen atoms in total. The number of rotatable bonds is 2. The van der Waals surface area contributed by atoms with E-state index in [0.29, 0.717) is 5.41 Å². The average molecular weight is 309 g/mol. The van der Waals surface area contributed by atoms with E-state index < -0.39 is 11.4 Å². The summed E-state index contributed by atoms with van der Waals surface area (Å²) >= 11 is 3.40. The Hall–Kier alpha value is -0.830. The van der Waals surface area contributed by atoms with Gasteiger partial charge in [0.25, 0.3) is 0 Å². The van der Waals surface area contributed by atoms with Crippen LogP contribution in [0, 0.1) is 5.41 Å². The Morgan fingerprint density at radius 3 is 2.17 bits per heavy atom. The van der Waals surface area contributed by atoms with E-state index in [1.807, 2.05) is 24.3 Å². The molecule has 18 heavy (non-hydrogen) atoms. The van der Waals surface area contributed by atoms with Crippen LogP contribution in [0.3, 0.4) is 0 Å². The standard InChI is InChI=1S/C15H17BrO2/c16-12-5-3-11(4-6-12)15(13(17)18)9-14(10-15)7-1-2-8-14/h3-6H,1-2,7-10H2,(H,17,18). The summed E-state index contributed by atoms with van der Waals surface area (Å²) < 4.78 is 1.00. The maximum Gasteiger partial charge on any atom is 0.314 e. The maximum atomic E-state index is 11.7. The Balaban J connectivity index is 1.90. The molecule has 0 unspecified atom stereocenters. The highest BCUT2D eigenvalue weighted by molar-refractivity contribution is 9.10. The highest BCUT2D eigenvalue weighted by Crippen LogP contribution is 2.63. The van der Waals surface area contributed by atoms with Gasteiger partial charge in [-0.05, 0) is 48.8 Å². The van der Waals surface area contributed by atoms with Crippen LogP contribution in [0.5, 0.6) is 0 Å². The molecule has 0 aliphatic heterocycles. The molecular weight excluding hydrogens is 292 g/mol. The van der Waals surface area contributed by atoms with Gasteiger partial charge in [0.05, 0.1) is 5.41 Å². The number of hydrogen-bond donors (Lipinski definition) is 1. The van der Waals surface area contributed by atoms with Gasteiger partial charge in [0, 0.05) is 4.47 Å². The van der Waals surface area contributed by atoms with Crippen LogP contribution in [-0.2, 0) is 10.2 Å². The monoisotopic (exact) mass is 308 g/mol. The fraction of sp³-hybridized carbons (Fsp3) is 0.533. The number of carboxylic acid groups (broad SMARTS) is 1. The predicted octanol–water partition coefficient (Wildman–Crippen LogP) is 4.13. The first-order valence-corrected chi connectivity index (χ1v) is 7.35. The van der Waals surface area contributed by atoms with Crippen LogP contribution in [0.15, 0.2) is 28.7 Å². The van der Waals surface area contributed by atoms with Crippen LogP contribution in [0.2, 0.25) is 0 Å². The molecule has 3 heteroatoms. The summed E-state index contributed by atoms with van der Waals surface area (Å²) in [5.41, 5.74) is 0.687. The number of hydrogen-bond acceptors (Lipinski definition) is 1. The highest BCUT2D eigenvalue weighted by Gasteiger charge is 2.60. The molecule has 2 aliphatic rings. The van der Waals surface area contributed by atoms with Crippen molar-refractivity contribution >= 4 is 21.9 Å².